The van der Waals surface area contributed by atoms with E-state index >= 15 is 0 Å². The van der Waals surface area contributed by atoms with Crippen molar-refractivity contribution in [3.05, 3.63) is 71.0 Å². The van der Waals surface area contributed by atoms with Crippen LogP contribution in [0.2, 0.25) is 0 Å². The molecule has 3 saturated heterocycles. The van der Waals surface area contributed by atoms with Gasteiger partial charge in [-0.2, -0.15) is 14.7 Å². The molecule has 4 fully saturated rings. The lowest BCUT2D eigenvalue weighted by molar-refractivity contribution is -0.120. The third kappa shape index (κ3) is 7.59. The van der Waals surface area contributed by atoms with Crippen LogP contribution in [0.3, 0.4) is 0 Å². The predicted octanol–water partition coefficient (Wildman–Crippen LogP) is 4.83. The predicted molar refractivity (Wildman–Crippen MR) is 211 cm³/mol. The average Bonchev–Trinajstić information content (AvgIpc) is 4.00. The Kier molecular flexibility index (Phi) is 10.0. The van der Waals surface area contributed by atoms with Crippen molar-refractivity contribution in [2.75, 3.05) is 42.9 Å². The normalized spacial score (nSPS) is 19.4. The van der Waals surface area contributed by atoms with E-state index in [2.05, 4.69) is 74.5 Å². The van der Waals surface area contributed by atoms with Crippen LogP contribution >= 0.6 is 0 Å². The number of urea groups is 1. The highest BCUT2D eigenvalue weighted by Crippen LogP contribution is 2.39. The van der Waals surface area contributed by atoms with Gasteiger partial charge in [0.2, 0.25) is 21.9 Å². The number of aryl methyl sites for hydroxylation is 1. The SMILES string of the molecule is Cn1nc(N2CCC(=O)NC2=O)c2ccc(C3CCN(C(C)(C)C#Cc4cc(S(=O)(=O)N5CCC(Nc6ncc(C7CC7)cn6)CC5)ccc4C#N)CC3)cc21. The summed E-state index contributed by atoms with van der Waals surface area (Å²) >= 11 is 0. The molecule has 0 atom stereocenters. The molecule has 0 unspecified atom stereocenters. The summed E-state index contributed by atoms with van der Waals surface area (Å²) in [5.41, 5.74) is 3.52. The Morgan fingerprint density at radius 2 is 1.59 bits per heavy atom. The second-order valence-corrected chi connectivity index (χ2v) is 17.7. The Morgan fingerprint density at radius 1 is 0.875 bits per heavy atom. The lowest BCUT2D eigenvalue weighted by atomic mass is 9.87. The van der Waals surface area contributed by atoms with Gasteiger partial charge in [0.1, 0.15) is 6.07 Å². The van der Waals surface area contributed by atoms with E-state index in [9.17, 15) is 23.3 Å². The van der Waals surface area contributed by atoms with Gasteiger partial charge in [-0.3, -0.25) is 24.6 Å². The molecule has 1 saturated carbocycles. The number of carbonyl (C=O) groups excluding carboxylic acids is 2. The largest absolute Gasteiger partial charge is 0.351 e. The maximum Gasteiger partial charge on any atom is 0.329 e. The molecule has 3 amide bonds. The highest BCUT2D eigenvalue weighted by atomic mass is 32.2. The first-order valence-electron chi connectivity index (χ1n) is 19.4. The number of benzene rings is 2. The third-order valence-electron chi connectivity index (χ3n) is 11.7. The van der Waals surface area contributed by atoms with Gasteiger partial charge in [-0.15, -0.1) is 0 Å². The van der Waals surface area contributed by atoms with Crippen molar-refractivity contribution in [3.8, 4) is 17.9 Å². The second kappa shape index (κ2) is 15.0. The monoisotopic (exact) mass is 774 g/mol. The smallest absolute Gasteiger partial charge is 0.329 e. The highest BCUT2D eigenvalue weighted by molar-refractivity contribution is 7.89. The number of hydrogen-bond acceptors (Lipinski definition) is 10. The zero-order valence-electron chi connectivity index (χ0n) is 32.0. The first kappa shape index (κ1) is 37.6. The Hall–Kier alpha value is -5.35. The van der Waals surface area contributed by atoms with Gasteiger partial charge in [0, 0.05) is 75.6 Å². The summed E-state index contributed by atoms with van der Waals surface area (Å²) in [5, 5.41) is 21.1. The molecule has 14 nitrogen and oxygen atoms in total. The van der Waals surface area contributed by atoms with Crippen LogP contribution < -0.4 is 15.5 Å². The summed E-state index contributed by atoms with van der Waals surface area (Å²) in [5.74, 6) is 8.32. The minimum atomic E-state index is -3.80. The number of imide groups is 1. The van der Waals surface area contributed by atoms with Gasteiger partial charge >= 0.3 is 6.03 Å². The first-order valence-corrected chi connectivity index (χ1v) is 20.8. The summed E-state index contributed by atoms with van der Waals surface area (Å²) in [6.45, 7) is 6.76. The standard InChI is InChI=1S/C41H46N10O4S/c1-41(2,49-17-11-28(12-18-49)29-7-9-35-36(23-29)48(3)47-38(35)51-21-15-37(52)46-40(51)53)16-10-30-22-34(8-6-31(30)24-42)56(54,55)50-19-13-33(14-20-50)45-39-43-25-32(26-44-39)27-4-5-27/h6-9,22-23,25-28,33H,4-5,11-15,17-21H2,1-3H3,(H,43,44,45)(H,46,52,53). The van der Waals surface area contributed by atoms with Gasteiger partial charge < -0.3 is 5.32 Å². The number of fused-ring (bicyclic) bond motifs is 1. The number of likely N-dealkylation sites (tertiary alicyclic amines) is 1. The van der Waals surface area contributed by atoms with E-state index in [0.717, 1.165) is 36.8 Å². The van der Waals surface area contributed by atoms with Crippen LogP contribution in [0, 0.1) is 23.2 Å². The third-order valence-corrected chi connectivity index (χ3v) is 13.6. The number of amides is 3. The minimum Gasteiger partial charge on any atom is -0.351 e. The van der Waals surface area contributed by atoms with Crippen molar-refractivity contribution < 1.29 is 18.0 Å². The van der Waals surface area contributed by atoms with Crippen LogP contribution in [0.1, 0.15) is 92.9 Å². The second-order valence-electron chi connectivity index (χ2n) is 15.8. The number of sulfonamides is 1. The van der Waals surface area contributed by atoms with Crippen molar-refractivity contribution in [1.82, 2.24) is 34.3 Å². The Labute approximate surface area is 327 Å². The first-order chi connectivity index (χ1) is 26.9. The van der Waals surface area contributed by atoms with E-state index in [1.165, 1.54) is 39.2 Å². The molecule has 2 N–H and O–H groups in total. The van der Waals surface area contributed by atoms with Crippen molar-refractivity contribution in [2.45, 2.75) is 87.1 Å². The Morgan fingerprint density at radius 3 is 2.27 bits per heavy atom. The van der Waals surface area contributed by atoms with Crippen molar-refractivity contribution in [3.63, 3.8) is 0 Å². The minimum absolute atomic E-state index is 0.0751. The molecular formula is C41H46N10O4S. The molecule has 2 aromatic carbocycles. The number of nitrogens with one attached hydrogen (secondary N) is 2. The van der Waals surface area contributed by atoms with Crippen molar-refractivity contribution in [2.24, 2.45) is 7.05 Å². The summed E-state index contributed by atoms with van der Waals surface area (Å²) in [7, 11) is -1.93. The van der Waals surface area contributed by atoms with Gasteiger partial charge in [-0.25, -0.2) is 23.2 Å². The molecule has 0 spiro atoms. The zero-order valence-corrected chi connectivity index (χ0v) is 32.8. The van der Waals surface area contributed by atoms with Crippen molar-refractivity contribution >= 4 is 44.6 Å². The number of nitriles is 1. The van der Waals surface area contributed by atoms with E-state index in [1.807, 2.05) is 25.5 Å². The van der Waals surface area contributed by atoms with Crippen LogP contribution in [-0.2, 0) is 21.9 Å². The van der Waals surface area contributed by atoms with E-state index in [0.29, 0.717) is 67.2 Å². The van der Waals surface area contributed by atoms with Crippen LogP contribution in [0.15, 0.2) is 53.7 Å². The molecular weight excluding hydrogens is 729 g/mol. The van der Waals surface area contributed by atoms with Gasteiger partial charge in [0.25, 0.3) is 0 Å². The number of anilines is 2. The summed E-state index contributed by atoms with van der Waals surface area (Å²) in [6, 6.07) is 12.7. The van der Waals surface area contributed by atoms with Gasteiger partial charge in [0.05, 0.1) is 21.5 Å². The number of hydrogen-bond donors (Lipinski definition) is 2. The van der Waals surface area contributed by atoms with Crippen LogP contribution in [0.5, 0.6) is 0 Å². The average molecular weight is 775 g/mol. The molecule has 2 aromatic heterocycles. The fourth-order valence-electron chi connectivity index (χ4n) is 8.04. The fourth-order valence-corrected chi connectivity index (χ4v) is 9.54. The lowest BCUT2D eigenvalue weighted by Gasteiger charge is -2.40. The van der Waals surface area contributed by atoms with E-state index < -0.39 is 21.6 Å². The van der Waals surface area contributed by atoms with Gasteiger partial charge in [0.15, 0.2) is 5.82 Å². The van der Waals surface area contributed by atoms with E-state index in [-0.39, 0.29) is 23.3 Å². The molecule has 4 aromatic rings. The van der Waals surface area contributed by atoms with E-state index in [4.69, 9.17) is 0 Å². The lowest BCUT2D eigenvalue weighted by Crippen LogP contribution is -2.49. The van der Waals surface area contributed by atoms with Gasteiger partial charge in [-0.1, -0.05) is 17.9 Å². The number of piperidine rings is 2. The molecule has 4 aliphatic rings. The number of carbonyl (C=O) groups is 2. The van der Waals surface area contributed by atoms with Gasteiger partial charge in [-0.05, 0) is 106 Å². The van der Waals surface area contributed by atoms with E-state index in [1.54, 1.807) is 16.8 Å². The number of nitrogens with zero attached hydrogens (tertiary/aromatic N) is 8. The summed E-state index contributed by atoms with van der Waals surface area (Å²) < 4.78 is 30.9. The quantitative estimate of drug-likeness (QED) is 0.237. The molecule has 3 aliphatic heterocycles. The fraction of sp³-hybridized carbons (Fsp3) is 0.463. The molecule has 56 heavy (non-hydrogen) atoms. The molecule has 290 valence electrons. The summed E-state index contributed by atoms with van der Waals surface area (Å²) in [6.07, 6.45) is 9.49. The molecule has 8 rings (SSSR count). The maximum absolute atomic E-state index is 13.8. The number of rotatable bonds is 8. The Bertz CT molecular complexity index is 2390. The Balaban J connectivity index is 0.901. The molecule has 1 aliphatic carbocycles. The summed E-state index contributed by atoms with van der Waals surface area (Å²) in [4.78, 5) is 37.1. The zero-order chi connectivity index (χ0) is 39.2. The maximum atomic E-state index is 13.8. The van der Waals surface area contributed by atoms with Crippen LogP contribution in [-0.4, -0.2) is 93.6 Å². The molecule has 0 radical (unpaired) electrons. The van der Waals surface area contributed by atoms with Crippen molar-refractivity contribution in [1.29, 1.82) is 5.26 Å². The highest BCUT2D eigenvalue weighted by Gasteiger charge is 2.33. The molecule has 0 bridgehead atoms. The van der Waals surface area contributed by atoms with Crippen LogP contribution in [0.4, 0.5) is 16.6 Å². The topological polar surface area (TPSA) is 169 Å². The van der Waals surface area contributed by atoms with Crippen LogP contribution in [0.25, 0.3) is 10.9 Å². The molecule has 15 heteroatoms. The molecule has 5 heterocycles. The number of aromatic nitrogens is 4.